The van der Waals surface area contributed by atoms with E-state index < -0.39 is 0 Å². The average Bonchev–Trinajstić information content (AvgIpc) is 3.13. The van der Waals surface area contributed by atoms with Crippen LogP contribution in [0.15, 0.2) is 12.1 Å². The third kappa shape index (κ3) is 4.80. The minimum atomic E-state index is -0.159. The van der Waals surface area contributed by atoms with Crippen LogP contribution in [0, 0.1) is 0 Å². The average molecular weight is 364 g/mol. The summed E-state index contributed by atoms with van der Waals surface area (Å²) in [6.45, 7) is 1.75. The van der Waals surface area contributed by atoms with Crippen LogP contribution in [0.1, 0.15) is 39.0 Å². The fourth-order valence-corrected chi connectivity index (χ4v) is 3.27. The lowest BCUT2D eigenvalue weighted by Gasteiger charge is -2.23. The molecule has 0 heterocycles. The summed E-state index contributed by atoms with van der Waals surface area (Å²) in [7, 11) is 4.57. The molecule has 26 heavy (non-hydrogen) atoms. The van der Waals surface area contributed by atoms with Crippen LogP contribution in [0.4, 0.5) is 5.69 Å². The van der Waals surface area contributed by atoms with E-state index in [0.717, 1.165) is 25.7 Å². The van der Waals surface area contributed by atoms with Crippen LogP contribution in [-0.2, 0) is 9.59 Å². The van der Waals surface area contributed by atoms with E-state index in [4.69, 9.17) is 14.2 Å². The summed E-state index contributed by atoms with van der Waals surface area (Å²) in [6.07, 6.45) is 4.64. The molecule has 1 N–H and O–H groups in total. The zero-order valence-corrected chi connectivity index (χ0v) is 16.0. The van der Waals surface area contributed by atoms with Crippen molar-refractivity contribution in [3.8, 4) is 17.2 Å². The lowest BCUT2D eigenvalue weighted by molar-refractivity contribution is -0.121. The zero-order chi connectivity index (χ0) is 19.1. The molecular formula is C19H28N2O5. The number of amides is 2. The molecule has 0 atom stereocenters. The Morgan fingerprint density at radius 3 is 2.12 bits per heavy atom. The Labute approximate surface area is 154 Å². The number of carbonyl (C=O) groups excluding carboxylic acids is 2. The normalized spacial score (nSPS) is 14.0. The second kappa shape index (κ2) is 9.31. The minimum Gasteiger partial charge on any atom is -0.493 e. The van der Waals surface area contributed by atoms with Crippen molar-refractivity contribution in [2.75, 3.05) is 32.8 Å². The van der Waals surface area contributed by atoms with Crippen molar-refractivity contribution in [3.05, 3.63) is 12.1 Å². The van der Waals surface area contributed by atoms with Crippen molar-refractivity contribution in [1.29, 1.82) is 0 Å². The standard InChI is InChI=1S/C19H28N2O5/c1-13(22)21(10-9-18(23)20-14-7-5-6-8-14)15-11-16(24-2)19(26-4)17(12-15)25-3/h11-12,14H,5-10H2,1-4H3,(H,20,23). The van der Waals surface area contributed by atoms with Gasteiger partial charge in [0, 0.05) is 38.1 Å². The molecule has 1 aliphatic carbocycles. The predicted molar refractivity (Wildman–Crippen MR) is 99.1 cm³/mol. The smallest absolute Gasteiger partial charge is 0.223 e. The third-order valence-corrected chi connectivity index (χ3v) is 4.62. The van der Waals surface area contributed by atoms with E-state index in [1.165, 1.54) is 28.3 Å². The van der Waals surface area contributed by atoms with Gasteiger partial charge < -0.3 is 24.4 Å². The molecule has 0 bridgehead atoms. The summed E-state index contributed by atoms with van der Waals surface area (Å²) in [5, 5.41) is 3.04. The lowest BCUT2D eigenvalue weighted by Crippen LogP contribution is -2.37. The van der Waals surface area contributed by atoms with E-state index in [0.29, 0.717) is 22.9 Å². The molecule has 1 aromatic rings. The maximum atomic E-state index is 12.2. The molecule has 1 aromatic carbocycles. The van der Waals surface area contributed by atoms with E-state index in [-0.39, 0.29) is 30.8 Å². The van der Waals surface area contributed by atoms with Gasteiger partial charge in [-0.05, 0) is 12.8 Å². The number of benzene rings is 1. The van der Waals surface area contributed by atoms with Gasteiger partial charge in [0.05, 0.1) is 27.0 Å². The van der Waals surface area contributed by atoms with Gasteiger partial charge in [0.25, 0.3) is 0 Å². The van der Waals surface area contributed by atoms with Crippen molar-refractivity contribution in [1.82, 2.24) is 5.32 Å². The summed E-state index contributed by atoms with van der Waals surface area (Å²) in [5.74, 6) is 1.19. The van der Waals surface area contributed by atoms with E-state index in [1.807, 2.05) is 0 Å². The summed E-state index contributed by atoms with van der Waals surface area (Å²) in [5.41, 5.74) is 0.598. The van der Waals surface area contributed by atoms with Gasteiger partial charge in [0.2, 0.25) is 17.6 Å². The molecule has 0 unspecified atom stereocenters. The highest BCUT2D eigenvalue weighted by Gasteiger charge is 2.21. The van der Waals surface area contributed by atoms with E-state index in [1.54, 1.807) is 17.0 Å². The van der Waals surface area contributed by atoms with Crippen LogP contribution < -0.4 is 24.4 Å². The number of hydrogen-bond acceptors (Lipinski definition) is 5. The van der Waals surface area contributed by atoms with E-state index >= 15 is 0 Å². The Morgan fingerprint density at radius 1 is 1.08 bits per heavy atom. The molecule has 0 aromatic heterocycles. The zero-order valence-electron chi connectivity index (χ0n) is 16.0. The van der Waals surface area contributed by atoms with Gasteiger partial charge in [-0.25, -0.2) is 0 Å². The van der Waals surface area contributed by atoms with Gasteiger partial charge in [-0.3, -0.25) is 9.59 Å². The second-order valence-corrected chi connectivity index (χ2v) is 6.35. The molecular weight excluding hydrogens is 336 g/mol. The Kier molecular flexibility index (Phi) is 7.12. The van der Waals surface area contributed by atoms with Crippen molar-refractivity contribution >= 4 is 17.5 Å². The highest BCUT2D eigenvalue weighted by atomic mass is 16.5. The largest absolute Gasteiger partial charge is 0.493 e. The topological polar surface area (TPSA) is 77.1 Å². The maximum Gasteiger partial charge on any atom is 0.223 e. The second-order valence-electron chi connectivity index (χ2n) is 6.35. The van der Waals surface area contributed by atoms with Crippen molar-refractivity contribution in [2.24, 2.45) is 0 Å². The molecule has 7 nitrogen and oxygen atoms in total. The number of nitrogens with one attached hydrogen (secondary N) is 1. The van der Waals surface area contributed by atoms with Gasteiger partial charge in [-0.15, -0.1) is 0 Å². The first kappa shape index (κ1) is 19.9. The van der Waals surface area contributed by atoms with Gasteiger partial charge in [0.15, 0.2) is 11.5 Å². The molecule has 0 spiro atoms. The molecule has 144 valence electrons. The van der Waals surface area contributed by atoms with E-state index in [2.05, 4.69) is 5.32 Å². The van der Waals surface area contributed by atoms with Gasteiger partial charge in [-0.1, -0.05) is 12.8 Å². The van der Waals surface area contributed by atoms with Crippen LogP contribution >= 0.6 is 0 Å². The first-order chi connectivity index (χ1) is 12.5. The van der Waals surface area contributed by atoms with Crippen molar-refractivity contribution < 1.29 is 23.8 Å². The number of methoxy groups -OCH3 is 3. The minimum absolute atomic E-state index is 0.0319. The van der Waals surface area contributed by atoms with Crippen LogP contribution in [0.3, 0.4) is 0 Å². The summed E-state index contributed by atoms with van der Waals surface area (Å²) in [6, 6.07) is 3.68. The fraction of sp³-hybridized carbons (Fsp3) is 0.579. The van der Waals surface area contributed by atoms with Crippen LogP contribution in [0.5, 0.6) is 17.2 Å². The lowest BCUT2D eigenvalue weighted by atomic mass is 10.2. The number of carbonyl (C=O) groups is 2. The first-order valence-electron chi connectivity index (χ1n) is 8.87. The Balaban J connectivity index is 2.13. The van der Waals surface area contributed by atoms with Crippen LogP contribution in [0.25, 0.3) is 0 Å². The molecule has 1 fully saturated rings. The predicted octanol–water partition coefficient (Wildman–Crippen LogP) is 2.51. The number of anilines is 1. The monoisotopic (exact) mass is 364 g/mol. The first-order valence-corrected chi connectivity index (χ1v) is 8.87. The SMILES string of the molecule is COc1cc(N(CCC(=O)NC2CCCC2)C(C)=O)cc(OC)c1OC. The molecule has 2 rings (SSSR count). The van der Waals surface area contributed by atoms with Crippen LogP contribution in [0.2, 0.25) is 0 Å². The fourth-order valence-electron chi connectivity index (χ4n) is 3.27. The maximum absolute atomic E-state index is 12.2. The van der Waals surface area contributed by atoms with Gasteiger partial charge in [-0.2, -0.15) is 0 Å². The molecule has 2 amide bonds. The highest BCUT2D eigenvalue weighted by molar-refractivity contribution is 5.93. The number of nitrogens with zero attached hydrogens (tertiary/aromatic N) is 1. The molecule has 7 heteroatoms. The summed E-state index contributed by atoms with van der Waals surface area (Å²) < 4.78 is 16.0. The Bertz CT molecular complexity index is 616. The summed E-state index contributed by atoms with van der Waals surface area (Å²) >= 11 is 0. The Morgan fingerprint density at radius 2 is 1.65 bits per heavy atom. The molecule has 0 aliphatic heterocycles. The van der Waals surface area contributed by atoms with Crippen LogP contribution in [-0.4, -0.2) is 45.7 Å². The molecule has 0 radical (unpaired) electrons. The van der Waals surface area contributed by atoms with E-state index in [9.17, 15) is 9.59 Å². The molecule has 1 aliphatic rings. The number of ether oxygens (including phenoxy) is 3. The molecule has 0 saturated heterocycles. The quantitative estimate of drug-likeness (QED) is 0.767. The Hall–Kier alpha value is -2.44. The van der Waals surface area contributed by atoms with Gasteiger partial charge in [0.1, 0.15) is 0 Å². The number of rotatable bonds is 8. The number of hydrogen-bond donors (Lipinski definition) is 1. The third-order valence-electron chi connectivity index (χ3n) is 4.62. The highest BCUT2D eigenvalue weighted by Crippen LogP contribution is 2.41. The summed E-state index contributed by atoms with van der Waals surface area (Å²) in [4.78, 5) is 25.9. The van der Waals surface area contributed by atoms with Crippen molar-refractivity contribution in [2.45, 2.75) is 45.1 Å². The molecule has 1 saturated carbocycles. The van der Waals surface area contributed by atoms with Crippen molar-refractivity contribution in [3.63, 3.8) is 0 Å². The van der Waals surface area contributed by atoms with Gasteiger partial charge >= 0.3 is 0 Å².